The van der Waals surface area contributed by atoms with Crippen LogP contribution in [-0.4, -0.2) is 27.5 Å². The number of rotatable bonds is 6. The zero-order valence-electron chi connectivity index (χ0n) is 11.5. The van der Waals surface area contributed by atoms with Crippen LogP contribution in [0.3, 0.4) is 0 Å². The summed E-state index contributed by atoms with van der Waals surface area (Å²) in [6, 6.07) is 3.77. The Morgan fingerprint density at radius 2 is 1.90 bits per heavy atom. The summed E-state index contributed by atoms with van der Waals surface area (Å²) in [7, 11) is 0. The zero-order valence-corrected chi connectivity index (χ0v) is 11.5. The summed E-state index contributed by atoms with van der Waals surface area (Å²) in [6.07, 6.45) is 7.96. The average molecular weight is 276 g/mol. The van der Waals surface area contributed by atoms with E-state index in [1.165, 1.54) is 0 Å². The Kier molecular flexibility index (Phi) is 4.71. The number of aliphatic carboxylic acids is 1. The fraction of sp³-hybridized carbons (Fsp3) is 0.533. The second-order valence-corrected chi connectivity index (χ2v) is 5.46. The third-order valence-corrected chi connectivity index (χ3v) is 3.84. The highest BCUT2D eigenvalue weighted by atomic mass is 16.4. The highest BCUT2D eigenvalue weighted by molar-refractivity contribution is 5.78. The summed E-state index contributed by atoms with van der Waals surface area (Å²) in [5, 5.41) is 12.0. The molecule has 2 rings (SSSR count). The van der Waals surface area contributed by atoms with Gasteiger partial charge in [0.2, 0.25) is 5.91 Å². The van der Waals surface area contributed by atoms with Crippen molar-refractivity contribution < 1.29 is 14.7 Å². The Morgan fingerprint density at radius 1 is 1.25 bits per heavy atom. The van der Waals surface area contributed by atoms with Crippen LogP contribution < -0.4 is 5.32 Å². The molecular formula is C15H20N2O3. The van der Waals surface area contributed by atoms with Crippen molar-refractivity contribution in [3.8, 4) is 0 Å². The van der Waals surface area contributed by atoms with E-state index < -0.39 is 11.5 Å². The molecule has 2 N–H and O–H groups in total. The van der Waals surface area contributed by atoms with Gasteiger partial charge in [0.1, 0.15) is 0 Å². The van der Waals surface area contributed by atoms with Gasteiger partial charge in [0.15, 0.2) is 0 Å². The maximum absolute atomic E-state index is 12.0. The predicted molar refractivity (Wildman–Crippen MR) is 74.2 cm³/mol. The Balaban J connectivity index is 1.87. The minimum Gasteiger partial charge on any atom is -0.481 e. The maximum Gasteiger partial charge on any atom is 0.305 e. The third kappa shape index (κ3) is 4.05. The van der Waals surface area contributed by atoms with E-state index in [9.17, 15) is 9.59 Å². The average Bonchev–Trinajstić information content (AvgIpc) is 2.85. The van der Waals surface area contributed by atoms with Crippen LogP contribution in [-0.2, 0) is 16.0 Å². The lowest BCUT2D eigenvalue weighted by Gasteiger charge is -2.28. The van der Waals surface area contributed by atoms with Gasteiger partial charge in [-0.15, -0.1) is 0 Å². The van der Waals surface area contributed by atoms with Gasteiger partial charge >= 0.3 is 5.97 Å². The molecule has 1 saturated carbocycles. The standard InChI is InChI=1S/C15H20N2O3/c18-13(4-3-12-5-9-16-10-6-12)17-15(11-14(19)20)7-1-2-8-15/h5-6,9-10H,1-4,7-8,11H2,(H,17,18)(H,19,20). The van der Waals surface area contributed by atoms with Crippen molar-refractivity contribution >= 4 is 11.9 Å². The molecule has 0 spiro atoms. The van der Waals surface area contributed by atoms with E-state index in [1.54, 1.807) is 12.4 Å². The molecule has 1 amide bonds. The molecule has 0 aromatic carbocycles. The van der Waals surface area contributed by atoms with Gasteiger partial charge in [0, 0.05) is 18.8 Å². The molecule has 0 bridgehead atoms. The number of hydrogen-bond donors (Lipinski definition) is 2. The van der Waals surface area contributed by atoms with E-state index in [1.807, 2.05) is 12.1 Å². The van der Waals surface area contributed by atoms with Crippen LogP contribution >= 0.6 is 0 Å². The zero-order chi connectivity index (χ0) is 14.4. The van der Waals surface area contributed by atoms with Crippen LogP contribution in [0.4, 0.5) is 0 Å². The first-order valence-electron chi connectivity index (χ1n) is 7.01. The number of carboxylic acids is 1. The molecular weight excluding hydrogens is 256 g/mol. The second-order valence-electron chi connectivity index (χ2n) is 5.46. The lowest BCUT2D eigenvalue weighted by Crippen LogP contribution is -2.47. The van der Waals surface area contributed by atoms with Crippen molar-refractivity contribution in [2.24, 2.45) is 0 Å². The summed E-state index contributed by atoms with van der Waals surface area (Å²) < 4.78 is 0. The van der Waals surface area contributed by atoms with Crippen LogP contribution in [0.15, 0.2) is 24.5 Å². The number of nitrogens with one attached hydrogen (secondary N) is 1. The smallest absolute Gasteiger partial charge is 0.305 e. The largest absolute Gasteiger partial charge is 0.481 e. The Morgan fingerprint density at radius 3 is 2.50 bits per heavy atom. The molecule has 0 unspecified atom stereocenters. The van der Waals surface area contributed by atoms with Crippen LogP contribution in [0.25, 0.3) is 0 Å². The maximum atomic E-state index is 12.0. The minimum absolute atomic E-state index is 0.0218. The van der Waals surface area contributed by atoms with E-state index in [0.717, 1.165) is 31.2 Å². The predicted octanol–water partition coefficient (Wildman–Crippen LogP) is 1.92. The number of aryl methyl sites for hydroxylation is 1. The molecule has 108 valence electrons. The van der Waals surface area contributed by atoms with Crippen molar-refractivity contribution in [2.75, 3.05) is 0 Å². The molecule has 1 fully saturated rings. The van der Waals surface area contributed by atoms with Crippen LogP contribution in [0.1, 0.15) is 44.1 Å². The molecule has 0 aliphatic heterocycles. The number of hydrogen-bond acceptors (Lipinski definition) is 3. The molecule has 5 nitrogen and oxygen atoms in total. The van der Waals surface area contributed by atoms with E-state index in [4.69, 9.17) is 5.11 Å². The van der Waals surface area contributed by atoms with Gasteiger partial charge < -0.3 is 10.4 Å². The molecule has 0 saturated heterocycles. The van der Waals surface area contributed by atoms with Gasteiger partial charge in [-0.25, -0.2) is 0 Å². The van der Waals surface area contributed by atoms with Gasteiger partial charge in [-0.2, -0.15) is 0 Å². The van der Waals surface area contributed by atoms with Crippen molar-refractivity contribution in [1.82, 2.24) is 10.3 Å². The van der Waals surface area contributed by atoms with Crippen LogP contribution in [0.2, 0.25) is 0 Å². The Labute approximate surface area is 118 Å². The summed E-state index contributed by atoms with van der Waals surface area (Å²) in [6.45, 7) is 0. The topological polar surface area (TPSA) is 79.3 Å². The van der Waals surface area contributed by atoms with Crippen molar-refractivity contribution in [3.05, 3.63) is 30.1 Å². The van der Waals surface area contributed by atoms with Crippen molar-refractivity contribution in [1.29, 1.82) is 0 Å². The van der Waals surface area contributed by atoms with Crippen LogP contribution in [0, 0.1) is 0 Å². The lowest BCUT2D eigenvalue weighted by molar-refractivity contribution is -0.139. The highest BCUT2D eigenvalue weighted by Gasteiger charge is 2.37. The van der Waals surface area contributed by atoms with Gasteiger partial charge in [-0.1, -0.05) is 12.8 Å². The molecule has 5 heteroatoms. The van der Waals surface area contributed by atoms with Gasteiger partial charge in [0.25, 0.3) is 0 Å². The molecule has 1 aliphatic carbocycles. The number of carbonyl (C=O) groups is 2. The number of amides is 1. The summed E-state index contributed by atoms with van der Waals surface area (Å²) >= 11 is 0. The highest BCUT2D eigenvalue weighted by Crippen LogP contribution is 2.32. The molecule has 1 aromatic heterocycles. The lowest BCUT2D eigenvalue weighted by atomic mass is 9.93. The fourth-order valence-corrected chi connectivity index (χ4v) is 2.85. The van der Waals surface area contributed by atoms with Crippen molar-refractivity contribution in [2.45, 2.75) is 50.5 Å². The summed E-state index contributed by atoms with van der Waals surface area (Å²) in [5.74, 6) is -0.911. The molecule has 1 aromatic rings. The number of aromatic nitrogens is 1. The van der Waals surface area contributed by atoms with E-state index in [2.05, 4.69) is 10.3 Å². The molecule has 0 atom stereocenters. The third-order valence-electron chi connectivity index (χ3n) is 3.84. The monoisotopic (exact) mass is 276 g/mol. The fourth-order valence-electron chi connectivity index (χ4n) is 2.85. The first-order chi connectivity index (χ1) is 9.60. The van der Waals surface area contributed by atoms with Gasteiger partial charge in [-0.3, -0.25) is 14.6 Å². The molecule has 1 heterocycles. The molecule has 1 aliphatic rings. The van der Waals surface area contributed by atoms with Crippen LogP contribution in [0.5, 0.6) is 0 Å². The van der Waals surface area contributed by atoms with E-state index in [0.29, 0.717) is 12.8 Å². The van der Waals surface area contributed by atoms with E-state index in [-0.39, 0.29) is 12.3 Å². The molecule has 0 radical (unpaired) electrons. The number of carbonyl (C=O) groups excluding carboxylic acids is 1. The second kappa shape index (κ2) is 6.50. The number of carboxylic acid groups (broad SMARTS) is 1. The minimum atomic E-state index is -0.846. The van der Waals surface area contributed by atoms with Gasteiger partial charge in [-0.05, 0) is 37.0 Å². The van der Waals surface area contributed by atoms with E-state index >= 15 is 0 Å². The quantitative estimate of drug-likeness (QED) is 0.832. The molecule has 20 heavy (non-hydrogen) atoms. The normalized spacial score (nSPS) is 16.8. The SMILES string of the molecule is O=C(O)CC1(NC(=O)CCc2ccncc2)CCCC1. The first kappa shape index (κ1) is 14.5. The summed E-state index contributed by atoms with van der Waals surface area (Å²) in [5.41, 5.74) is 0.537. The number of pyridine rings is 1. The summed E-state index contributed by atoms with van der Waals surface area (Å²) in [4.78, 5) is 26.9. The van der Waals surface area contributed by atoms with Crippen molar-refractivity contribution in [3.63, 3.8) is 0 Å². The van der Waals surface area contributed by atoms with Gasteiger partial charge in [0.05, 0.1) is 12.0 Å². The Bertz CT molecular complexity index is 467. The Hall–Kier alpha value is -1.91. The number of nitrogens with zero attached hydrogens (tertiary/aromatic N) is 1. The first-order valence-corrected chi connectivity index (χ1v) is 7.01.